The van der Waals surface area contributed by atoms with Crippen LogP contribution in [0.4, 0.5) is 5.13 Å². The SMILES string of the molecule is C[C@H](O/N=C(\C(=O)N[C@@H]1C(=O)N2C(C(=O)O)=C(C[n+]3cc4scc(C#N)n4c3)CS[C@H]12)c1csc(N)n1)C(=O)O. The number of aliphatic carboxylic acids is 2. The monoisotopic (exact) mass is 603 g/mol. The maximum Gasteiger partial charge on any atom is 0.352 e. The smallest absolute Gasteiger partial charge is 0.352 e. The molecule has 0 radical (unpaired) electrons. The van der Waals surface area contributed by atoms with E-state index in [1.165, 1.54) is 35.4 Å². The number of aromatic nitrogens is 3. The summed E-state index contributed by atoms with van der Waals surface area (Å²) in [5.41, 5.74) is 6.07. The molecule has 18 heteroatoms. The Morgan fingerprint density at radius 3 is 2.80 bits per heavy atom. The fourth-order valence-electron chi connectivity index (χ4n) is 4.06. The Morgan fingerprint density at radius 2 is 2.15 bits per heavy atom. The van der Waals surface area contributed by atoms with Gasteiger partial charge >= 0.3 is 11.9 Å². The number of thioether (sulfide) groups is 1. The molecule has 0 saturated carbocycles. The van der Waals surface area contributed by atoms with Gasteiger partial charge in [0.05, 0.1) is 5.38 Å². The van der Waals surface area contributed by atoms with Gasteiger partial charge in [-0.15, -0.1) is 23.1 Å². The summed E-state index contributed by atoms with van der Waals surface area (Å²) in [5.74, 6) is -3.82. The van der Waals surface area contributed by atoms with Crippen LogP contribution >= 0.6 is 34.4 Å². The lowest BCUT2D eigenvalue weighted by atomic mass is 10.0. The first-order chi connectivity index (χ1) is 19.1. The van der Waals surface area contributed by atoms with Crippen molar-refractivity contribution in [3.8, 4) is 6.07 Å². The predicted octanol–water partition coefficient (Wildman–Crippen LogP) is -0.169. The van der Waals surface area contributed by atoms with Gasteiger partial charge < -0.3 is 26.1 Å². The summed E-state index contributed by atoms with van der Waals surface area (Å²) in [6, 6.07) is 1.02. The number of carboxylic acid groups (broad SMARTS) is 2. The van der Waals surface area contributed by atoms with Gasteiger partial charge in [0.1, 0.15) is 41.6 Å². The topological polar surface area (TPSA) is 217 Å². The number of carbonyl (C=O) groups is 4. The first-order valence-corrected chi connectivity index (χ1v) is 14.2. The number of carbonyl (C=O) groups excluding carboxylic acids is 2. The number of nitriles is 1. The number of oxime groups is 1. The standard InChI is InChI=1S/C22H18N8O7S3/c1-9(20(33)34)37-27-14(12-7-40-22(24)25-12)17(31)26-15-18(32)30-16(21(35)36)10(5-39-19(15)30)3-28-4-13-29(8-28)11(2-23)6-38-13/h4,6-9,15,19H,3,5H2,1H3,(H4-,24,25,26,31,33,34,35,36)/p+1/b27-14-/t9-,15+,19+/m0/s1. The van der Waals surface area contributed by atoms with Crippen LogP contribution in [0.1, 0.15) is 18.3 Å². The molecule has 0 bridgehead atoms. The summed E-state index contributed by atoms with van der Waals surface area (Å²) in [6.45, 7) is 1.40. The molecule has 3 atom stereocenters. The van der Waals surface area contributed by atoms with Crippen LogP contribution in [0.25, 0.3) is 4.83 Å². The van der Waals surface area contributed by atoms with Gasteiger partial charge in [0, 0.05) is 16.7 Å². The Labute approximate surface area is 236 Å². The highest BCUT2D eigenvalue weighted by Gasteiger charge is 2.54. The lowest BCUT2D eigenvalue weighted by molar-refractivity contribution is -0.687. The predicted molar refractivity (Wildman–Crippen MR) is 141 cm³/mol. The molecule has 1 fully saturated rings. The second-order valence-electron chi connectivity index (χ2n) is 8.57. The van der Waals surface area contributed by atoms with E-state index in [1.54, 1.807) is 26.9 Å². The van der Waals surface area contributed by atoms with E-state index in [9.17, 15) is 29.5 Å². The Morgan fingerprint density at radius 1 is 1.38 bits per heavy atom. The Balaban J connectivity index is 1.35. The molecule has 206 valence electrons. The number of nitrogens with one attached hydrogen (secondary N) is 1. The number of hydrogen-bond donors (Lipinski definition) is 4. The Hall–Kier alpha value is -4.47. The van der Waals surface area contributed by atoms with Crippen molar-refractivity contribution in [3.63, 3.8) is 0 Å². The second-order valence-corrected chi connectivity index (χ2v) is 11.5. The van der Waals surface area contributed by atoms with E-state index in [0.29, 0.717) is 11.3 Å². The highest BCUT2D eigenvalue weighted by molar-refractivity contribution is 8.00. The van der Waals surface area contributed by atoms with E-state index in [4.69, 9.17) is 15.7 Å². The quantitative estimate of drug-likeness (QED) is 0.109. The van der Waals surface area contributed by atoms with E-state index in [-0.39, 0.29) is 34.5 Å². The third-order valence-corrected chi connectivity index (χ3v) is 8.88. The molecule has 5 N–H and O–H groups in total. The summed E-state index contributed by atoms with van der Waals surface area (Å²) in [4.78, 5) is 60.4. The van der Waals surface area contributed by atoms with Crippen molar-refractivity contribution in [3.05, 3.63) is 45.9 Å². The number of nitrogens with zero attached hydrogens (tertiary/aromatic N) is 6. The zero-order valence-electron chi connectivity index (χ0n) is 20.4. The van der Waals surface area contributed by atoms with Gasteiger partial charge in [-0.25, -0.2) is 19.1 Å². The molecule has 1 saturated heterocycles. The number of nitrogens with two attached hydrogens (primary N) is 1. The third-order valence-electron chi connectivity index (χ3n) is 5.98. The minimum Gasteiger partial charge on any atom is -0.478 e. The van der Waals surface area contributed by atoms with Gasteiger partial charge in [-0.3, -0.25) is 14.5 Å². The minimum absolute atomic E-state index is 0.0231. The number of nitrogen functional groups attached to an aromatic ring is 1. The van der Waals surface area contributed by atoms with Crippen LogP contribution in [-0.2, 0) is 30.6 Å². The van der Waals surface area contributed by atoms with Gasteiger partial charge in [0.2, 0.25) is 16.6 Å². The van der Waals surface area contributed by atoms with Crippen molar-refractivity contribution in [1.82, 2.24) is 19.6 Å². The van der Waals surface area contributed by atoms with E-state index >= 15 is 0 Å². The average molecular weight is 604 g/mol. The van der Waals surface area contributed by atoms with E-state index in [0.717, 1.165) is 21.1 Å². The van der Waals surface area contributed by atoms with Gasteiger partial charge in [-0.1, -0.05) is 16.5 Å². The lowest BCUT2D eigenvalue weighted by Gasteiger charge is -2.49. The molecule has 0 unspecified atom stereocenters. The molecule has 2 aliphatic rings. The Kier molecular flexibility index (Phi) is 7.18. The van der Waals surface area contributed by atoms with Crippen LogP contribution in [0.5, 0.6) is 0 Å². The summed E-state index contributed by atoms with van der Waals surface area (Å²) in [6.07, 6.45) is 2.11. The van der Waals surface area contributed by atoms with Gasteiger partial charge in [-0.2, -0.15) is 9.66 Å². The number of amides is 2. The normalized spacial score (nSPS) is 19.6. The molecule has 5 heterocycles. The van der Waals surface area contributed by atoms with Crippen LogP contribution < -0.4 is 15.6 Å². The van der Waals surface area contributed by atoms with Crippen molar-refractivity contribution < 1.29 is 38.8 Å². The Bertz CT molecular complexity index is 1670. The number of fused-ring (bicyclic) bond motifs is 2. The zero-order valence-corrected chi connectivity index (χ0v) is 22.8. The van der Waals surface area contributed by atoms with Crippen LogP contribution in [0.2, 0.25) is 0 Å². The number of β-lactam (4-membered cyclic amide) rings is 1. The van der Waals surface area contributed by atoms with Crippen LogP contribution in [-0.4, -0.2) is 77.2 Å². The highest BCUT2D eigenvalue weighted by Crippen LogP contribution is 2.40. The fourth-order valence-corrected chi connectivity index (χ4v) is 6.80. The number of anilines is 1. The number of carboxylic acids is 2. The second kappa shape index (κ2) is 10.6. The third kappa shape index (κ3) is 4.85. The number of thiazole rings is 2. The largest absolute Gasteiger partial charge is 0.478 e. The maximum absolute atomic E-state index is 13.1. The van der Waals surface area contributed by atoms with Crippen molar-refractivity contribution in [2.75, 3.05) is 11.5 Å². The number of hydrogen-bond acceptors (Lipinski definition) is 12. The van der Waals surface area contributed by atoms with Crippen molar-refractivity contribution >= 4 is 73.9 Å². The zero-order chi connectivity index (χ0) is 28.7. The lowest BCUT2D eigenvalue weighted by Crippen LogP contribution is -2.71. The summed E-state index contributed by atoms with van der Waals surface area (Å²) in [7, 11) is 0. The first kappa shape index (κ1) is 27.1. The van der Waals surface area contributed by atoms with Crippen molar-refractivity contribution in [1.29, 1.82) is 5.26 Å². The van der Waals surface area contributed by atoms with Crippen LogP contribution in [0.15, 0.2) is 39.7 Å². The molecule has 0 aliphatic carbocycles. The molecule has 3 aromatic heterocycles. The molecule has 5 rings (SSSR count). The van der Waals surface area contributed by atoms with Crippen molar-refractivity contribution in [2.24, 2.45) is 5.16 Å². The highest BCUT2D eigenvalue weighted by atomic mass is 32.2. The van der Waals surface area contributed by atoms with E-state index in [1.807, 2.05) is 0 Å². The first-order valence-electron chi connectivity index (χ1n) is 11.4. The van der Waals surface area contributed by atoms with Crippen LogP contribution in [0.3, 0.4) is 0 Å². The van der Waals surface area contributed by atoms with Gasteiger partial charge in [-0.05, 0) is 6.92 Å². The molecular formula is C22H19N8O7S3+. The molecule has 3 aromatic rings. The number of rotatable bonds is 9. The average Bonchev–Trinajstić information content (AvgIpc) is 3.62. The van der Waals surface area contributed by atoms with Crippen molar-refractivity contribution in [2.45, 2.75) is 31.0 Å². The van der Waals surface area contributed by atoms with Gasteiger partial charge in [0.25, 0.3) is 18.1 Å². The molecule has 0 spiro atoms. The van der Waals surface area contributed by atoms with Gasteiger partial charge in [0.15, 0.2) is 10.8 Å². The maximum atomic E-state index is 13.1. The van der Waals surface area contributed by atoms with E-state index in [2.05, 4.69) is 21.5 Å². The summed E-state index contributed by atoms with van der Waals surface area (Å²) >= 11 is 3.68. The summed E-state index contributed by atoms with van der Waals surface area (Å²) in [5, 5.41) is 37.0. The minimum atomic E-state index is -1.36. The van der Waals surface area contributed by atoms with Crippen LogP contribution in [0, 0.1) is 11.3 Å². The molecule has 2 aliphatic heterocycles. The molecule has 40 heavy (non-hydrogen) atoms. The molecule has 2 amide bonds. The molecule has 0 aromatic carbocycles. The van der Waals surface area contributed by atoms with E-state index < -0.39 is 41.3 Å². The summed E-state index contributed by atoms with van der Waals surface area (Å²) < 4.78 is 3.44. The molecular weight excluding hydrogens is 584 g/mol. The number of imidazole rings is 1. The molecule has 15 nitrogen and oxygen atoms in total. The fraction of sp³-hybridized carbons (Fsp3) is 0.273.